The van der Waals surface area contributed by atoms with E-state index in [2.05, 4.69) is 11.0 Å². The van der Waals surface area contributed by atoms with Gasteiger partial charge in [0.2, 0.25) is 0 Å². The first-order valence-corrected chi connectivity index (χ1v) is 6.61. The average molecular weight is 251 g/mol. The summed E-state index contributed by atoms with van der Waals surface area (Å²) in [4.78, 5) is 3.68. The highest BCUT2D eigenvalue weighted by atomic mass is 32.1. The number of morpholine rings is 1. The first-order valence-electron chi connectivity index (χ1n) is 5.79. The lowest BCUT2D eigenvalue weighted by molar-refractivity contribution is 0.0346. The Morgan fingerprint density at radius 1 is 1.24 bits per heavy atom. The van der Waals surface area contributed by atoms with E-state index in [1.165, 1.54) is 10.9 Å². The molecule has 1 aliphatic heterocycles. The van der Waals surface area contributed by atoms with E-state index in [-0.39, 0.29) is 5.82 Å². The van der Waals surface area contributed by atoms with Crippen molar-refractivity contribution in [2.75, 3.05) is 26.3 Å². The van der Waals surface area contributed by atoms with E-state index in [0.29, 0.717) is 0 Å². The molecule has 1 aliphatic rings. The average Bonchev–Trinajstić information content (AvgIpc) is 2.71. The number of rotatable bonds is 2. The molecule has 1 saturated heterocycles. The van der Waals surface area contributed by atoms with Gasteiger partial charge in [0.1, 0.15) is 5.82 Å². The Bertz CT molecular complexity index is 519. The molecule has 0 aliphatic carbocycles. The molecular weight excluding hydrogens is 237 g/mol. The number of ether oxygens (including phenoxy) is 1. The molecule has 1 aromatic heterocycles. The van der Waals surface area contributed by atoms with Crippen molar-refractivity contribution in [3.8, 4) is 0 Å². The Morgan fingerprint density at radius 3 is 2.88 bits per heavy atom. The van der Waals surface area contributed by atoms with Crippen LogP contribution in [0.3, 0.4) is 0 Å². The molecule has 2 nitrogen and oxygen atoms in total. The molecule has 0 N–H and O–H groups in total. The molecule has 90 valence electrons. The number of benzene rings is 1. The molecule has 0 saturated carbocycles. The second kappa shape index (κ2) is 4.72. The smallest absolute Gasteiger partial charge is 0.124 e. The van der Waals surface area contributed by atoms with Crippen molar-refractivity contribution in [1.82, 2.24) is 4.90 Å². The Morgan fingerprint density at radius 2 is 2.06 bits per heavy atom. The predicted molar refractivity (Wildman–Crippen MR) is 67.9 cm³/mol. The van der Waals surface area contributed by atoms with Gasteiger partial charge < -0.3 is 4.74 Å². The van der Waals surface area contributed by atoms with Crippen LogP contribution >= 0.6 is 11.3 Å². The molecule has 1 fully saturated rings. The van der Waals surface area contributed by atoms with Gasteiger partial charge in [-0.05, 0) is 23.6 Å². The third kappa shape index (κ3) is 2.49. The van der Waals surface area contributed by atoms with Crippen LogP contribution < -0.4 is 0 Å². The van der Waals surface area contributed by atoms with Crippen molar-refractivity contribution in [2.24, 2.45) is 0 Å². The molecule has 2 heterocycles. The lowest BCUT2D eigenvalue weighted by atomic mass is 10.2. The first kappa shape index (κ1) is 11.1. The Hall–Kier alpha value is -0.970. The van der Waals surface area contributed by atoms with Crippen molar-refractivity contribution in [3.63, 3.8) is 0 Å². The zero-order valence-electron chi connectivity index (χ0n) is 9.49. The molecule has 0 spiro atoms. The van der Waals surface area contributed by atoms with Gasteiger partial charge in [0.15, 0.2) is 0 Å². The molecule has 0 unspecified atom stereocenters. The van der Waals surface area contributed by atoms with E-state index in [0.717, 1.165) is 42.9 Å². The second-order valence-corrected chi connectivity index (χ2v) is 5.45. The van der Waals surface area contributed by atoms with Crippen LogP contribution in [0, 0.1) is 5.82 Å². The third-order valence-corrected chi connectivity index (χ3v) is 4.10. The van der Waals surface area contributed by atoms with Crippen molar-refractivity contribution in [3.05, 3.63) is 35.0 Å². The summed E-state index contributed by atoms with van der Waals surface area (Å²) >= 11 is 1.68. The summed E-state index contributed by atoms with van der Waals surface area (Å²) in [5.41, 5.74) is 0. The van der Waals surface area contributed by atoms with E-state index in [1.54, 1.807) is 17.4 Å². The van der Waals surface area contributed by atoms with Crippen LogP contribution in [0.1, 0.15) is 4.88 Å². The van der Waals surface area contributed by atoms with Crippen LogP contribution in [-0.4, -0.2) is 31.2 Å². The van der Waals surface area contributed by atoms with Crippen LogP contribution in [-0.2, 0) is 11.3 Å². The highest BCUT2D eigenvalue weighted by molar-refractivity contribution is 7.19. The van der Waals surface area contributed by atoms with Crippen LogP contribution in [0.4, 0.5) is 4.39 Å². The molecule has 17 heavy (non-hydrogen) atoms. The molecule has 0 atom stereocenters. The SMILES string of the molecule is Fc1ccc2cc(CN3CCOCC3)sc2c1. The van der Waals surface area contributed by atoms with Gasteiger partial charge in [0, 0.05) is 29.2 Å². The summed E-state index contributed by atoms with van der Waals surface area (Å²) in [5.74, 6) is -0.155. The zero-order valence-corrected chi connectivity index (χ0v) is 10.3. The Kier molecular flexibility index (Phi) is 3.09. The van der Waals surface area contributed by atoms with Crippen molar-refractivity contribution < 1.29 is 9.13 Å². The van der Waals surface area contributed by atoms with Gasteiger partial charge in [0.05, 0.1) is 13.2 Å². The molecule has 0 amide bonds. The normalized spacial score (nSPS) is 17.7. The van der Waals surface area contributed by atoms with Crippen LogP contribution in [0.5, 0.6) is 0 Å². The van der Waals surface area contributed by atoms with E-state index in [9.17, 15) is 4.39 Å². The second-order valence-electron chi connectivity index (χ2n) is 4.28. The highest BCUT2D eigenvalue weighted by Crippen LogP contribution is 2.27. The summed E-state index contributed by atoms with van der Waals surface area (Å²) < 4.78 is 19.4. The predicted octanol–water partition coefficient (Wildman–Crippen LogP) is 2.87. The number of hydrogen-bond acceptors (Lipinski definition) is 3. The fourth-order valence-corrected chi connectivity index (χ4v) is 3.25. The lowest BCUT2D eigenvalue weighted by Crippen LogP contribution is -2.35. The quantitative estimate of drug-likeness (QED) is 0.813. The van der Waals surface area contributed by atoms with E-state index >= 15 is 0 Å². The number of nitrogens with zero attached hydrogens (tertiary/aromatic N) is 1. The van der Waals surface area contributed by atoms with Crippen LogP contribution in [0.15, 0.2) is 24.3 Å². The molecule has 1 aromatic carbocycles. The van der Waals surface area contributed by atoms with Gasteiger partial charge in [-0.1, -0.05) is 6.07 Å². The monoisotopic (exact) mass is 251 g/mol. The molecular formula is C13H14FNOS. The van der Waals surface area contributed by atoms with Crippen LogP contribution in [0.25, 0.3) is 10.1 Å². The summed E-state index contributed by atoms with van der Waals surface area (Å²) in [7, 11) is 0. The van der Waals surface area contributed by atoms with E-state index in [4.69, 9.17) is 4.74 Å². The minimum atomic E-state index is -0.155. The number of hydrogen-bond donors (Lipinski definition) is 0. The van der Waals surface area contributed by atoms with Gasteiger partial charge >= 0.3 is 0 Å². The lowest BCUT2D eigenvalue weighted by Gasteiger charge is -2.25. The molecule has 0 bridgehead atoms. The maximum Gasteiger partial charge on any atom is 0.124 e. The maximum atomic E-state index is 13.1. The van der Waals surface area contributed by atoms with Gasteiger partial charge in [0.25, 0.3) is 0 Å². The topological polar surface area (TPSA) is 12.5 Å². The number of fused-ring (bicyclic) bond motifs is 1. The number of thiophene rings is 1. The van der Waals surface area contributed by atoms with E-state index < -0.39 is 0 Å². The minimum absolute atomic E-state index is 0.155. The highest BCUT2D eigenvalue weighted by Gasteiger charge is 2.12. The Labute approximate surface area is 104 Å². The first-order chi connectivity index (χ1) is 8.31. The molecule has 2 aromatic rings. The Balaban J connectivity index is 1.80. The minimum Gasteiger partial charge on any atom is -0.379 e. The summed E-state index contributed by atoms with van der Waals surface area (Å²) in [6.45, 7) is 4.56. The van der Waals surface area contributed by atoms with Crippen molar-refractivity contribution in [2.45, 2.75) is 6.54 Å². The molecule has 4 heteroatoms. The summed E-state index contributed by atoms with van der Waals surface area (Å²) in [6.07, 6.45) is 0. The summed E-state index contributed by atoms with van der Waals surface area (Å²) in [6, 6.07) is 7.15. The fraction of sp³-hybridized carbons (Fsp3) is 0.385. The van der Waals surface area contributed by atoms with Crippen molar-refractivity contribution in [1.29, 1.82) is 0 Å². The fourth-order valence-electron chi connectivity index (χ4n) is 2.12. The van der Waals surface area contributed by atoms with Gasteiger partial charge in [-0.15, -0.1) is 11.3 Å². The van der Waals surface area contributed by atoms with Gasteiger partial charge in [-0.3, -0.25) is 4.90 Å². The molecule has 3 rings (SSSR count). The van der Waals surface area contributed by atoms with E-state index in [1.807, 2.05) is 6.07 Å². The van der Waals surface area contributed by atoms with Crippen LogP contribution in [0.2, 0.25) is 0 Å². The van der Waals surface area contributed by atoms with Gasteiger partial charge in [-0.2, -0.15) is 0 Å². The van der Waals surface area contributed by atoms with Gasteiger partial charge in [-0.25, -0.2) is 4.39 Å². The third-order valence-electron chi connectivity index (χ3n) is 3.02. The van der Waals surface area contributed by atoms with Crippen molar-refractivity contribution >= 4 is 21.4 Å². The standard InChI is InChI=1S/C13H14FNOS/c14-11-2-1-10-7-12(17-13(10)8-11)9-15-3-5-16-6-4-15/h1-2,7-8H,3-6,9H2. The maximum absolute atomic E-state index is 13.1. The largest absolute Gasteiger partial charge is 0.379 e. The number of halogens is 1. The zero-order chi connectivity index (χ0) is 11.7. The summed E-state index contributed by atoms with van der Waals surface area (Å²) in [5, 5.41) is 1.14. The molecule has 0 radical (unpaired) electrons.